The van der Waals surface area contributed by atoms with Crippen molar-refractivity contribution < 1.29 is 21.6 Å². The number of rotatable bonds is 5. The minimum Gasteiger partial charge on any atom is -0.354 e. The number of aromatic nitrogens is 2. The molecule has 2 saturated heterocycles. The van der Waals surface area contributed by atoms with E-state index in [0.29, 0.717) is 37.8 Å². The molecule has 33 heavy (non-hydrogen) atoms. The molecule has 0 bridgehead atoms. The number of sulfonamides is 1. The third kappa shape index (κ3) is 5.57. The zero-order valence-electron chi connectivity index (χ0n) is 18.6. The highest BCUT2D eigenvalue weighted by molar-refractivity contribution is 7.88. The summed E-state index contributed by atoms with van der Waals surface area (Å²) in [5, 5.41) is 2.95. The molecule has 0 radical (unpaired) electrons. The van der Waals surface area contributed by atoms with Gasteiger partial charge in [-0.05, 0) is 68.4 Å². The normalized spacial score (nSPS) is 20.9. The Morgan fingerprint density at radius 1 is 1.06 bits per heavy atom. The van der Waals surface area contributed by atoms with Gasteiger partial charge in [-0.3, -0.25) is 0 Å². The van der Waals surface area contributed by atoms with Crippen molar-refractivity contribution in [1.29, 1.82) is 0 Å². The number of nitrogens with one attached hydrogen (secondary N) is 1. The van der Waals surface area contributed by atoms with Crippen molar-refractivity contribution in [3.8, 4) is 0 Å². The van der Waals surface area contributed by atoms with E-state index in [2.05, 4.69) is 27.1 Å². The maximum Gasteiger partial charge on any atom is 0.416 e. The number of anilines is 3. The molecule has 4 heterocycles. The van der Waals surface area contributed by atoms with Crippen LogP contribution in [0.4, 0.5) is 30.6 Å². The first-order valence-corrected chi connectivity index (χ1v) is 12.9. The summed E-state index contributed by atoms with van der Waals surface area (Å²) < 4.78 is 64.6. The lowest BCUT2D eigenvalue weighted by Gasteiger charge is -2.31. The molecule has 11 heteroatoms. The summed E-state index contributed by atoms with van der Waals surface area (Å²) in [5.41, 5.74) is 0.222. The Morgan fingerprint density at radius 3 is 2.39 bits per heavy atom. The Labute approximate surface area is 192 Å². The van der Waals surface area contributed by atoms with Crippen molar-refractivity contribution in [2.75, 3.05) is 36.1 Å². The molecule has 2 aromatic heterocycles. The quantitative estimate of drug-likeness (QED) is 0.681. The van der Waals surface area contributed by atoms with Gasteiger partial charge in [0.2, 0.25) is 10.0 Å². The number of piperidine rings is 1. The van der Waals surface area contributed by atoms with Gasteiger partial charge in [0.05, 0.1) is 11.8 Å². The van der Waals surface area contributed by atoms with E-state index in [0.717, 1.165) is 49.1 Å². The second kappa shape index (κ2) is 9.09. The zero-order chi connectivity index (χ0) is 23.8. The number of pyridine rings is 2. The standard InChI is InChI=1S/C22H28F3N5O2S/c1-15-4-3-9-30(15)21-13-17(16-6-10-29(11-7-16)33(2,31)32)12-20(28-21)27-19-14-18(5-8-26-19)22(23,24)25/h5,8,12-16H,3-4,6-7,9-11H2,1-2H3,(H,26,27,28)/t15-/m1/s1. The predicted molar refractivity (Wildman–Crippen MR) is 121 cm³/mol. The van der Waals surface area contributed by atoms with Crippen molar-refractivity contribution in [2.45, 2.75) is 50.7 Å². The minimum atomic E-state index is -4.46. The Morgan fingerprint density at radius 2 is 1.79 bits per heavy atom. The minimum absolute atomic E-state index is 0.0711. The molecule has 0 amide bonds. The van der Waals surface area contributed by atoms with E-state index in [9.17, 15) is 21.6 Å². The highest BCUT2D eigenvalue weighted by Crippen LogP contribution is 2.35. The van der Waals surface area contributed by atoms with Gasteiger partial charge in [-0.2, -0.15) is 13.2 Å². The van der Waals surface area contributed by atoms with Gasteiger partial charge < -0.3 is 10.2 Å². The second-order valence-corrected chi connectivity index (χ2v) is 10.8. The lowest BCUT2D eigenvalue weighted by atomic mass is 9.90. The van der Waals surface area contributed by atoms with E-state index in [-0.39, 0.29) is 11.7 Å². The number of halogens is 3. The van der Waals surface area contributed by atoms with Crippen LogP contribution >= 0.6 is 0 Å². The number of nitrogens with zero attached hydrogens (tertiary/aromatic N) is 4. The van der Waals surface area contributed by atoms with Crippen LogP contribution in [-0.4, -0.2) is 54.6 Å². The van der Waals surface area contributed by atoms with Crippen LogP contribution in [0.1, 0.15) is 49.7 Å². The first-order chi connectivity index (χ1) is 15.5. The molecule has 1 atom stereocenters. The first kappa shape index (κ1) is 23.7. The first-order valence-electron chi connectivity index (χ1n) is 11.0. The van der Waals surface area contributed by atoms with Gasteiger partial charge in [0.15, 0.2) is 0 Å². The van der Waals surface area contributed by atoms with Gasteiger partial charge in [0.25, 0.3) is 0 Å². The molecule has 4 rings (SSSR count). The average molecular weight is 484 g/mol. The molecule has 2 aromatic rings. The van der Waals surface area contributed by atoms with Crippen LogP contribution in [0, 0.1) is 0 Å². The highest BCUT2D eigenvalue weighted by Gasteiger charge is 2.31. The maximum absolute atomic E-state index is 13.1. The van der Waals surface area contributed by atoms with Crippen LogP contribution in [0.5, 0.6) is 0 Å². The summed E-state index contributed by atoms with van der Waals surface area (Å²) in [4.78, 5) is 10.9. The van der Waals surface area contributed by atoms with Gasteiger partial charge in [-0.1, -0.05) is 0 Å². The highest BCUT2D eigenvalue weighted by atomic mass is 32.2. The summed E-state index contributed by atoms with van der Waals surface area (Å²) in [6.07, 6.45) is 1.34. The lowest BCUT2D eigenvalue weighted by molar-refractivity contribution is -0.137. The summed E-state index contributed by atoms with van der Waals surface area (Å²) in [6.45, 7) is 3.89. The van der Waals surface area contributed by atoms with E-state index in [4.69, 9.17) is 0 Å². The van der Waals surface area contributed by atoms with E-state index < -0.39 is 21.8 Å². The number of alkyl halides is 3. The van der Waals surface area contributed by atoms with Crippen LogP contribution in [0.2, 0.25) is 0 Å². The van der Waals surface area contributed by atoms with Crippen LogP contribution in [0.3, 0.4) is 0 Å². The molecular weight excluding hydrogens is 455 g/mol. The average Bonchev–Trinajstić information content (AvgIpc) is 3.18. The monoisotopic (exact) mass is 483 g/mol. The molecule has 7 nitrogen and oxygen atoms in total. The third-order valence-corrected chi connectivity index (χ3v) is 7.72. The Hall–Kier alpha value is -2.40. The van der Waals surface area contributed by atoms with Gasteiger partial charge in [-0.15, -0.1) is 0 Å². The van der Waals surface area contributed by atoms with E-state index in [1.165, 1.54) is 10.6 Å². The van der Waals surface area contributed by atoms with E-state index >= 15 is 0 Å². The fraction of sp³-hybridized carbons (Fsp3) is 0.545. The molecule has 1 N–H and O–H groups in total. The van der Waals surface area contributed by atoms with E-state index in [1.807, 2.05) is 12.1 Å². The maximum atomic E-state index is 13.1. The zero-order valence-corrected chi connectivity index (χ0v) is 19.5. The molecule has 0 aromatic carbocycles. The molecule has 0 saturated carbocycles. The van der Waals surface area contributed by atoms with Gasteiger partial charge in [-0.25, -0.2) is 22.7 Å². The Bertz CT molecular complexity index is 1100. The molecule has 0 unspecified atom stereocenters. The lowest BCUT2D eigenvalue weighted by Crippen LogP contribution is -2.37. The SMILES string of the molecule is C[C@@H]1CCCN1c1cc(C2CCN(S(C)(=O)=O)CC2)cc(Nc2cc(C(F)(F)F)ccn2)n1. The summed E-state index contributed by atoms with van der Waals surface area (Å²) in [6, 6.07) is 6.10. The van der Waals surface area contributed by atoms with Crippen molar-refractivity contribution in [3.05, 3.63) is 41.6 Å². The number of hydrogen-bond acceptors (Lipinski definition) is 6. The van der Waals surface area contributed by atoms with Crippen LogP contribution in [0.15, 0.2) is 30.5 Å². The molecule has 2 aliphatic heterocycles. The van der Waals surface area contributed by atoms with Crippen molar-refractivity contribution in [2.24, 2.45) is 0 Å². The summed E-state index contributed by atoms with van der Waals surface area (Å²) in [7, 11) is -3.22. The van der Waals surface area contributed by atoms with Crippen LogP contribution < -0.4 is 10.2 Å². The Balaban J connectivity index is 1.63. The number of hydrogen-bond donors (Lipinski definition) is 1. The summed E-state index contributed by atoms with van der Waals surface area (Å²) >= 11 is 0. The largest absolute Gasteiger partial charge is 0.416 e. The van der Waals surface area contributed by atoms with Crippen molar-refractivity contribution >= 4 is 27.5 Å². The topological polar surface area (TPSA) is 78.4 Å². The third-order valence-electron chi connectivity index (χ3n) is 6.42. The van der Waals surface area contributed by atoms with Gasteiger partial charge >= 0.3 is 6.18 Å². The molecule has 180 valence electrons. The second-order valence-electron chi connectivity index (χ2n) is 8.82. The van der Waals surface area contributed by atoms with Crippen LogP contribution in [0.25, 0.3) is 0 Å². The Kier molecular flexibility index (Phi) is 6.54. The smallest absolute Gasteiger partial charge is 0.354 e. The van der Waals surface area contributed by atoms with E-state index in [1.54, 1.807) is 0 Å². The molecule has 0 aliphatic carbocycles. The predicted octanol–water partition coefficient (Wildman–Crippen LogP) is 4.37. The van der Waals surface area contributed by atoms with Gasteiger partial charge in [0, 0.05) is 31.9 Å². The fourth-order valence-corrected chi connectivity index (χ4v) is 5.46. The molecule has 2 fully saturated rings. The fourth-order valence-electron chi connectivity index (χ4n) is 4.58. The van der Waals surface area contributed by atoms with Gasteiger partial charge in [0.1, 0.15) is 17.5 Å². The molecular formula is C22H28F3N5O2S. The van der Waals surface area contributed by atoms with Crippen molar-refractivity contribution in [1.82, 2.24) is 14.3 Å². The molecule has 2 aliphatic rings. The van der Waals surface area contributed by atoms with Crippen molar-refractivity contribution in [3.63, 3.8) is 0 Å². The summed E-state index contributed by atoms with van der Waals surface area (Å²) in [5.74, 6) is 1.41. The van der Waals surface area contributed by atoms with Crippen LogP contribution in [-0.2, 0) is 16.2 Å². The molecule has 0 spiro atoms.